The number of hydrogen-bond donors (Lipinski definition) is 4. The number of rotatable bonds is 10. The Morgan fingerprint density at radius 3 is 2.34 bits per heavy atom. The van der Waals surface area contributed by atoms with E-state index in [1.165, 1.54) is 0 Å². The van der Waals surface area contributed by atoms with Crippen LogP contribution in [0.2, 0.25) is 0 Å². The second-order valence-corrected chi connectivity index (χ2v) is 11.1. The molecule has 186 valence electrons. The van der Waals surface area contributed by atoms with Gasteiger partial charge < -0.3 is 25.2 Å². The van der Waals surface area contributed by atoms with Crippen molar-refractivity contribution in [2.24, 2.45) is 35.0 Å². The molecule has 4 N–H and O–H groups in total. The lowest BCUT2D eigenvalue weighted by Crippen LogP contribution is -2.53. The maximum Gasteiger partial charge on any atom is 0.311 e. The highest BCUT2D eigenvalue weighted by atomic mass is 16.5. The zero-order chi connectivity index (χ0) is 24.2. The minimum absolute atomic E-state index is 0.0320. The third-order valence-electron chi connectivity index (χ3n) is 8.21. The summed E-state index contributed by atoms with van der Waals surface area (Å²) in [6.45, 7) is 9.98. The van der Waals surface area contributed by atoms with Crippen LogP contribution in [0.4, 0.5) is 0 Å². The summed E-state index contributed by atoms with van der Waals surface area (Å²) >= 11 is 0. The maximum absolute atomic E-state index is 12.9. The topological polar surface area (TPSA) is 124 Å². The third-order valence-corrected chi connectivity index (χ3v) is 8.21. The van der Waals surface area contributed by atoms with Crippen molar-refractivity contribution in [3.8, 4) is 0 Å². The van der Waals surface area contributed by atoms with Gasteiger partial charge >= 0.3 is 11.9 Å². The molecule has 0 unspecified atom stereocenters. The lowest BCUT2D eigenvalue weighted by Gasteiger charge is -2.52. The molecule has 2 saturated carbocycles. The molecule has 0 aliphatic heterocycles. The van der Waals surface area contributed by atoms with Crippen LogP contribution in [0, 0.1) is 35.0 Å². The van der Waals surface area contributed by atoms with Crippen LogP contribution in [0.3, 0.4) is 0 Å². The number of esters is 1. The number of ether oxygens (including phenoxy) is 1. The molecule has 0 saturated heterocycles. The summed E-state index contributed by atoms with van der Waals surface area (Å²) in [5.74, 6) is -0.558. The quantitative estimate of drug-likeness (QED) is 0.371. The molecular weight excluding hydrogens is 412 g/mol. The number of aliphatic carboxylic acids is 1. The Hall–Kier alpha value is -1.18. The average Bonchev–Trinajstić information content (AvgIpc) is 2.69. The first kappa shape index (κ1) is 27.1. The summed E-state index contributed by atoms with van der Waals surface area (Å²) in [6, 6.07) is 0. The molecular formula is C25H44O7. The van der Waals surface area contributed by atoms with Crippen molar-refractivity contribution < 1.29 is 34.8 Å². The van der Waals surface area contributed by atoms with Crippen LogP contribution < -0.4 is 0 Å². The average molecular weight is 457 g/mol. The largest absolute Gasteiger partial charge is 0.481 e. The van der Waals surface area contributed by atoms with Crippen LogP contribution in [-0.4, -0.2) is 56.8 Å². The molecule has 2 rings (SSSR count). The summed E-state index contributed by atoms with van der Waals surface area (Å²) in [6.07, 6.45) is 1.47. The first-order valence-corrected chi connectivity index (χ1v) is 12.3. The van der Waals surface area contributed by atoms with Crippen molar-refractivity contribution in [2.75, 3.05) is 0 Å². The van der Waals surface area contributed by atoms with Crippen molar-refractivity contribution in [1.82, 2.24) is 0 Å². The number of hydrogen-bond acceptors (Lipinski definition) is 6. The van der Waals surface area contributed by atoms with Gasteiger partial charge in [-0.25, -0.2) is 0 Å². The Morgan fingerprint density at radius 2 is 1.75 bits per heavy atom. The molecule has 0 radical (unpaired) electrons. The van der Waals surface area contributed by atoms with E-state index in [0.717, 1.165) is 12.8 Å². The fourth-order valence-electron chi connectivity index (χ4n) is 5.74. The zero-order valence-electron chi connectivity index (χ0n) is 20.4. The smallest absolute Gasteiger partial charge is 0.311 e. The molecule has 2 fully saturated rings. The van der Waals surface area contributed by atoms with Crippen molar-refractivity contribution in [3.63, 3.8) is 0 Å². The van der Waals surface area contributed by atoms with Crippen molar-refractivity contribution in [3.05, 3.63) is 0 Å². The van der Waals surface area contributed by atoms with E-state index in [0.29, 0.717) is 31.6 Å². The number of aliphatic hydroxyl groups excluding tert-OH is 3. The van der Waals surface area contributed by atoms with Gasteiger partial charge in [-0.1, -0.05) is 27.2 Å². The molecule has 0 aromatic heterocycles. The van der Waals surface area contributed by atoms with Gasteiger partial charge in [0.25, 0.3) is 0 Å². The summed E-state index contributed by atoms with van der Waals surface area (Å²) in [7, 11) is 0. The fourth-order valence-corrected chi connectivity index (χ4v) is 5.74. The Morgan fingerprint density at radius 1 is 1.09 bits per heavy atom. The van der Waals surface area contributed by atoms with E-state index in [9.17, 15) is 24.9 Å². The van der Waals surface area contributed by atoms with Gasteiger partial charge in [-0.05, 0) is 76.0 Å². The van der Waals surface area contributed by atoms with Crippen molar-refractivity contribution in [2.45, 2.75) is 110 Å². The highest BCUT2D eigenvalue weighted by Gasteiger charge is 2.51. The lowest BCUT2D eigenvalue weighted by atomic mass is 9.57. The van der Waals surface area contributed by atoms with E-state index >= 15 is 0 Å². The maximum atomic E-state index is 12.9. The highest BCUT2D eigenvalue weighted by Crippen LogP contribution is 2.51. The summed E-state index contributed by atoms with van der Waals surface area (Å²) in [4.78, 5) is 23.7. The van der Waals surface area contributed by atoms with Crippen LogP contribution in [0.25, 0.3) is 0 Å². The highest BCUT2D eigenvalue weighted by molar-refractivity contribution is 5.76. The van der Waals surface area contributed by atoms with E-state index in [4.69, 9.17) is 9.84 Å². The van der Waals surface area contributed by atoms with Gasteiger partial charge in [-0.15, -0.1) is 0 Å². The predicted molar refractivity (Wildman–Crippen MR) is 121 cm³/mol. The molecule has 0 aromatic carbocycles. The summed E-state index contributed by atoms with van der Waals surface area (Å²) in [5, 5.41) is 40.0. The number of fused-ring (bicyclic) bond motifs is 1. The first-order chi connectivity index (χ1) is 14.9. The van der Waals surface area contributed by atoms with Crippen LogP contribution in [-0.2, 0) is 14.3 Å². The molecule has 9 atom stereocenters. The Labute approximate surface area is 192 Å². The standard InChI is InChI=1S/C25H44O7/c1-6-25(4,5)24(31)32-20-11-15(3)23(30)19-9-7-14(2)18(22(19)20)10-8-16(26)12-17(27)13-21(28)29/h14-20,22-23,26-27,30H,6-13H2,1-5H3,(H,28,29)/t14-,15+,16+,17+,18-,19+,20-,22+,23+/m0/s1. The molecule has 7 nitrogen and oxygen atoms in total. The molecule has 0 heterocycles. The number of aliphatic hydroxyl groups is 3. The molecule has 0 spiro atoms. The molecule has 32 heavy (non-hydrogen) atoms. The number of carboxylic acid groups (broad SMARTS) is 1. The third kappa shape index (κ3) is 6.67. The van der Waals surface area contributed by atoms with E-state index in [-0.39, 0.29) is 48.6 Å². The normalized spacial score (nSPS) is 34.9. The van der Waals surface area contributed by atoms with Gasteiger partial charge in [0.1, 0.15) is 6.10 Å². The molecule has 0 bridgehead atoms. The molecule has 0 amide bonds. The Balaban J connectivity index is 2.14. The van der Waals surface area contributed by atoms with Gasteiger partial charge in [0.15, 0.2) is 0 Å². The second kappa shape index (κ2) is 11.3. The molecule has 2 aliphatic carbocycles. The second-order valence-electron chi connectivity index (χ2n) is 11.1. The Bertz CT molecular complexity index is 634. The number of carbonyl (C=O) groups excluding carboxylic acids is 1. The zero-order valence-corrected chi connectivity index (χ0v) is 20.4. The lowest BCUT2D eigenvalue weighted by molar-refractivity contribution is -0.182. The van der Waals surface area contributed by atoms with Gasteiger partial charge in [0, 0.05) is 5.92 Å². The Kier molecular flexibility index (Phi) is 9.56. The monoisotopic (exact) mass is 456 g/mol. The molecule has 7 heteroatoms. The van der Waals surface area contributed by atoms with Crippen LogP contribution in [0.5, 0.6) is 0 Å². The van der Waals surface area contributed by atoms with E-state index in [1.54, 1.807) is 0 Å². The van der Waals surface area contributed by atoms with Crippen molar-refractivity contribution in [1.29, 1.82) is 0 Å². The summed E-state index contributed by atoms with van der Waals surface area (Å²) < 4.78 is 6.11. The van der Waals surface area contributed by atoms with E-state index in [1.807, 2.05) is 27.7 Å². The SMILES string of the molecule is CCC(C)(C)C(=O)O[C@H]1C[C@@H](C)[C@@H](O)[C@@H]2CC[C@H](C)[C@H](CC[C@@H](O)C[C@@H](O)CC(=O)O)[C@H]21. The van der Waals surface area contributed by atoms with Gasteiger partial charge in [0.05, 0.1) is 30.1 Å². The minimum atomic E-state index is -1.08. The van der Waals surface area contributed by atoms with Crippen LogP contribution >= 0.6 is 0 Å². The first-order valence-electron chi connectivity index (χ1n) is 12.3. The van der Waals surface area contributed by atoms with Crippen LogP contribution in [0.15, 0.2) is 0 Å². The van der Waals surface area contributed by atoms with Crippen molar-refractivity contribution >= 4 is 11.9 Å². The predicted octanol–water partition coefficient (Wildman–Crippen LogP) is 3.38. The number of carbonyl (C=O) groups is 2. The number of carboxylic acids is 1. The molecule has 2 aliphatic rings. The van der Waals surface area contributed by atoms with Crippen LogP contribution in [0.1, 0.15) is 86.0 Å². The van der Waals surface area contributed by atoms with Gasteiger partial charge in [-0.3, -0.25) is 9.59 Å². The summed E-state index contributed by atoms with van der Waals surface area (Å²) in [5.41, 5.74) is -0.555. The molecule has 0 aromatic rings. The van der Waals surface area contributed by atoms with E-state index in [2.05, 4.69) is 6.92 Å². The fraction of sp³-hybridized carbons (Fsp3) is 0.920. The van der Waals surface area contributed by atoms with E-state index < -0.39 is 29.7 Å². The van der Waals surface area contributed by atoms with Gasteiger partial charge in [0.2, 0.25) is 0 Å². The minimum Gasteiger partial charge on any atom is -0.481 e. The van der Waals surface area contributed by atoms with Gasteiger partial charge in [-0.2, -0.15) is 0 Å².